The van der Waals surface area contributed by atoms with Gasteiger partial charge in [0.05, 0.1) is 5.52 Å². The first-order valence-electron chi connectivity index (χ1n) is 7.65. The lowest BCUT2D eigenvalue weighted by atomic mass is 10.0. The number of furan rings is 1. The zero-order valence-corrected chi connectivity index (χ0v) is 12.8. The molecule has 2 heterocycles. The van der Waals surface area contributed by atoms with Crippen LogP contribution in [0.5, 0.6) is 0 Å². The van der Waals surface area contributed by atoms with Gasteiger partial charge in [-0.3, -0.25) is 5.10 Å². The van der Waals surface area contributed by atoms with Gasteiger partial charge in [0.25, 0.3) is 0 Å². The van der Waals surface area contributed by atoms with Crippen LogP contribution in [0.1, 0.15) is 16.9 Å². The fourth-order valence-corrected chi connectivity index (χ4v) is 2.82. The molecule has 4 rings (SSSR count). The molecule has 0 amide bonds. The molecule has 4 nitrogen and oxygen atoms in total. The third-order valence-corrected chi connectivity index (χ3v) is 4.03. The van der Waals surface area contributed by atoms with Crippen molar-refractivity contribution in [2.24, 2.45) is 0 Å². The van der Waals surface area contributed by atoms with Crippen molar-refractivity contribution in [3.63, 3.8) is 0 Å². The molecule has 0 unspecified atom stereocenters. The van der Waals surface area contributed by atoms with Crippen LogP contribution < -0.4 is 0 Å². The Labute approximate surface area is 137 Å². The molecule has 0 aliphatic carbocycles. The van der Waals surface area contributed by atoms with Gasteiger partial charge in [-0.2, -0.15) is 5.10 Å². The Balaban J connectivity index is 1.69. The van der Waals surface area contributed by atoms with Gasteiger partial charge >= 0.3 is 0 Å². The first kappa shape index (κ1) is 14.7. The molecule has 0 aliphatic heterocycles. The van der Waals surface area contributed by atoms with Crippen molar-refractivity contribution in [2.75, 3.05) is 0 Å². The van der Waals surface area contributed by atoms with Gasteiger partial charge in [0.1, 0.15) is 23.9 Å². The summed E-state index contributed by atoms with van der Waals surface area (Å²) < 4.78 is 19.3. The number of aliphatic hydroxyl groups excluding tert-OH is 1. The highest BCUT2D eigenvalue weighted by Gasteiger charge is 2.13. The maximum Gasteiger partial charge on any atom is 0.155 e. The molecule has 120 valence electrons. The maximum atomic E-state index is 13.8. The van der Waals surface area contributed by atoms with E-state index in [9.17, 15) is 4.39 Å². The standard InChI is InChI=1S/C19H15FN2O2/c20-16-4-2-1-3-13(16)9-12-5-7-15-17(10-12)21-22-19(15)18-8-6-14(11-23)24-18/h1-8,10,23H,9,11H2,(H,21,22). The predicted molar refractivity (Wildman–Crippen MR) is 88.9 cm³/mol. The van der Waals surface area contributed by atoms with Crippen LogP contribution in [0, 0.1) is 5.82 Å². The average Bonchev–Trinajstić information content (AvgIpc) is 3.22. The van der Waals surface area contributed by atoms with E-state index < -0.39 is 0 Å². The van der Waals surface area contributed by atoms with Gasteiger partial charge in [-0.05, 0) is 35.4 Å². The van der Waals surface area contributed by atoms with Gasteiger partial charge < -0.3 is 9.52 Å². The molecule has 2 N–H and O–H groups in total. The number of aromatic nitrogens is 2. The van der Waals surface area contributed by atoms with Crippen LogP contribution in [0.2, 0.25) is 0 Å². The number of benzene rings is 2. The first-order valence-corrected chi connectivity index (χ1v) is 7.65. The number of halogens is 1. The highest BCUT2D eigenvalue weighted by atomic mass is 19.1. The molecule has 0 spiro atoms. The second kappa shape index (κ2) is 5.94. The molecule has 5 heteroatoms. The summed E-state index contributed by atoms with van der Waals surface area (Å²) in [6.07, 6.45) is 0.520. The number of hydrogen-bond donors (Lipinski definition) is 2. The highest BCUT2D eigenvalue weighted by molar-refractivity contribution is 5.91. The monoisotopic (exact) mass is 322 g/mol. The summed E-state index contributed by atoms with van der Waals surface area (Å²) in [7, 11) is 0. The molecule has 0 bridgehead atoms. The largest absolute Gasteiger partial charge is 0.457 e. The van der Waals surface area contributed by atoms with Crippen molar-refractivity contribution in [2.45, 2.75) is 13.0 Å². The number of nitrogens with one attached hydrogen (secondary N) is 1. The second-order valence-electron chi connectivity index (χ2n) is 5.64. The third-order valence-electron chi connectivity index (χ3n) is 4.03. The number of hydrogen-bond acceptors (Lipinski definition) is 3. The van der Waals surface area contributed by atoms with Crippen molar-refractivity contribution >= 4 is 10.9 Å². The zero-order chi connectivity index (χ0) is 16.5. The normalized spacial score (nSPS) is 11.2. The van der Waals surface area contributed by atoms with Crippen molar-refractivity contribution in [3.8, 4) is 11.5 Å². The Hall–Kier alpha value is -2.92. The molecule has 0 aliphatic rings. The Morgan fingerprint density at radius 1 is 1.08 bits per heavy atom. The van der Waals surface area contributed by atoms with Gasteiger partial charge in [0.2, 0.25) is 0 Å². The number of nitrogens with zero attached hydrogens (tertiary/aromatic N) is 1. The lowest BCUT2D eigenvalue weighted by Crippen LogP contribution is -1.92. The van der Waals surface area contributed by atoms with Gasteiger partial charge in [0.15, 0.2) is 5.76 Å². The Kier molecular flexibility index (Phi) is 3.63. The van der Waals surface area contributed by atoms with E-state index in [4.69, 9.17) is 9.52 Å². The summed E-state index contributed by atoms with van der Waals surface area (Å²) in [6.45, 7) is -0.144. The third kappa shape index (κ3) is 2.59. The number of aliphatic hydroxyl groups is 1. The van der Waals surface area contributed by atoms with Crippen molar-refractivity contribution < 1.29 is 13.9 Å². The van der Waals surface area contributed by atoms with E-state index in [2.05, 4.69) is 10.2 Å². The van der Waals surface area contributed by atoms with Crippen LogP contribution >= 0.6 is 0 Å². The fraction of sp³-hybridized carbons (Fsp3) is 0.105. The molecule has 0 saturated carbocycles. The Morgan fingerprint density at radius 2 is 1.96 bits per heavy atom. The van der Waals surface area contributed by atoms with E-state index in [0.717, 1.165) is 16.5 Å². The fourth-order valence-electron chi connectivity index (χ4n) is 2.82. The van der Waals surface area contributed by atoms with E-state index in [1.807, 2.05) is 24.3 Å². The summed E-state index contributed by atoms with van der Waals surface area (Å²) in [5.41, 5.74) is 3.22. The van der Waals surface area contributed by atoms with Gasteiger partial charge in [-0.1, -0.05) is 30.3 Å². The second-order valence-corrected chi connectivity index (χ2v) is 5.64. The van der Waals surface area contributed by atoms with E-state index in [1.54, 1.807) is 24.3 Å². The molecule has 0 radical (unpaired) electrons. The number of rotatable bonds is 4. The average molecular weight is 322 g/mol. The molecular weight excluding hydrogens is 307 g/mol. The predicted octanol–water partition coefficient (Wildman–Crippen LogP) is 4.05. The Morgan fingerprint density at radius 3 is 2.75 bits per heavy atom. The lowest BCUT2D eigenvalue weighted by Gasteiger charge is -2.03. The van der Waals surface area contributed by atoms with Crippen LogP contribution in [0.3, 0.4) is 0 Å². The summed E-state index contributed by atoms with van der Waals surface area (Å²) in [6, 6.07) is 16.2. The minimum absolute atomic E-state index is 0.144. The van der Waals surface area contributed by atoms with Crippen LogP contribution in [-0.2, 0) is 13.0 Å². The minimum atomic E-state index is -0.199. The smallest absolute Gasteiger partial charge is 0.155 e. The van der Waals surface area contributed by atoms with Gasteiger partial charge in [-0.25, -0.2) is 4.39 Å². The van der Waals surface area contributed by atoms with Crippen molar-refractivity contribution in [1.29, 1.82) is 0 Å². The molecule has 24 heavy (non-hydrogen) atoms. The number of fused-ring (bicyclic) bond motifs is 1. The zero-order valence-electron chi connectivity index (χ0n) is 12.8. The summed E-state index contributed by atoms with van der Waals surface area (Å²) >= 11 is 0. The molecule has 2 aromatic carbocycles. The highest BCUT2D eigenvalue weighted by Crippen LogP contribution is 2.29. The molecule has 4 aromatic rings. The molecule has 0 saturated heterocycles. The summed E-state index contributed by atoms with van der Waals surface area (Å²) in [5.74, 6) is 0.902. The van der Waals surface area contributed by atoms with Gasteiger partial charge in [0, 0.05) is 11.8 Å². The van der Waals surface area contributed by atoms with E-state index >= 15 is 0 Å². The SMILES string of the molecule is OCc1ccc(-c2n[nH]c3cc(Cc4ccccc4F)ccc23)o1. The molecule has 0 atom stereocenters. The molecule has 0 fully saturated rings. The van der Waals surface area contributed by atoms with Crippen molar-refractivity contribution in [3.05, 3.63) is 77.3 Å². The van der Waals surface area contributed by atoms with Crippen molar-refractivity contribution in [1.82, 2.24) is 10.2 Å². The quantitative estimate of drug-likeness (QED) is 0.596. The molecular formula is C19H15FN2O2. The summed E-state index contributed by atoms with van der Waals surface area (Å²) in [5, 5.41) is 17.3. The van der Waals surface area contributed by atoms with Crippen LogP contribution in [0.25, 0.3) is 22.4 Å². The summed E-state index contributed by atoms with van der Waals surface area (Å²) in [4.78, 5) is 0. The first-order chi connectivity index (χ1) is 11.7. The Bertz CT molecular complexity index is 1000. The van der Waals surface area contributed by atoms with E-state index in [1.165, 1.54) is 6.07 Å². The van der Waals surface area contributed by atoms with E-state index in [0.29, 0.717) is 29.2 Å². The number of H-pyrrole nitrogens is 1. The van der Waals surface area contributed by atoms with Gasteiger partial charge in [-0.15, -0.1) is 0 Å². The van der Waals surface area contributed by atoms with Crippen LogP contribution in [0.15, 0.2) is 59.0 Å². The molecule has 2 aromatic heterocycles. The maximum absolute atomic E-state index is 13.8. The number of aromatic amines is 1. The van der Waals surface area contributed by atoms with E-state index in [-0.39, 0.29) is 12.4 Å². The van der Waals surface area contributed by atoms with Crippen LogP contribution in [-0.4, -0.2) is 15.3 Å². The van der Waals surface area contributed by atoms with Crippen LogP contribution in [0.4, 0.5) is 4.39 Å². The topological polar surface area (TPSA) is 62.1 Å². The lowest BCUT2D eigenvalue weighted by molar-refractivity contribution is 0.248. The minimum Gasteiger partial charge on any atom is -0.457 e.